The molecule has 2 aromatic rings. The van der Waals surface area contributed by atoms with Crippen LogP contribution in [0, 0.1) is 6.92 Å². The minimum atomic E-state index is -0.248. The van der Waals surface area contributed by atoms with Gasteiger partial charge in [0.25, 0.3) is 0 Å². The van der Waals surface area contributed by atoms with Crippen LogP contribution in [0.3, 0.4) is 0 Å². The molecule has 1 heterocycles. The molecular formula is C12H14OS. The number of rotatable bonds is 2. The van der Waals surface area contributed by atoms with E-state index in [9.17, 15) is 5.11 Å². The molecular weight excluding hydrogens is 192 g/mol. The summed E-state index contributed by atoms with van der Waals surface area (Å²) < 4.78 is 1.32. The molecule has 1 nitrogen and oxygen atoms in total. The van der Waals surface area contributed by atoms with E-state index in [1.807, 2.05) is 6.92 Å². The lowest BCUT2D eigenvalue weighted by Gasteiger charge is -2.01. The number of aryl methyl sites for hydroxylation is 1. The summed E-state index contributed by atoms with van der Waals surface area (Å²) in [5.74, 6) is 0. The lowest BCUT2D eigenvalue weighted by Crippen LogP contribution is -2.03. The Hall–Kier alpha value is -0.860. The van der Waals surface area contributed by atoms with Crippen LogP contribution in [0.2, 0.25) is 0 Å². The summed E-state index contributed by atoms with van der Waals surface area (Å²) >= 11 is 1.79. The third-order valence-electron chi connectivity index (χ3n) is 2.42. The van der Waals surface area contributed by atoms with E-state index in [-0.39, 0.29) is 6.10 Å². The van der Waals surface area contributed by atoms with Crippen molar-refractivity contribution < 1.29 is 5.11 Å². The zero-order valence-electron chi connectivity index (χ0n) is 8.45. The summed E-state index contributed by atoms with van der Waals surface area (Å²) in [6, 6.07) is 8.41. The molecule has 0 amide bonds. The van der Waals surface area contributed by atoms with Crippen molar-refractivity contribution >= 4 is 21.4 Å². The van der Waals surface area contributed by atoms with Gasteiger partial charge in [-0.05, 0) is 30.9 Å². The molecule has 0 aliphatic rings. The standard InChI is InChI=1S/C12H14OS/c1-8(13)7-12-9(2)10-5-3-4-6-11(10)14-12/h3-6,8,13H,7H2,1-2H3. The van der Waals surface area contributed by atoms with Gasteiger partial charge in [0.1, 0.15) is 0 Å². The van der Waals surface area contributed by atoms with Crippen molar-refractivity contribution in [1.82, 2.24) is 0 Å². The van der Waals surface area contributed by atoms with Crippen LogP contribution in [0.1, 0.15) is 17.4 Å². The van der Waals surface area contributed by atoms with E-state index < -0.39 is 0 Å². The molecule has 1 N–H and O–H groups in total. The first-order valence-corrected chi connectivity index (χ1v) is 5.65. The minimum Gasteiger partial charge on any atom is -0.393 e. The fourth-order valence-corrected chi connectivity index (χ4v) is 3.02. The van der Waals surface area contributed by atoms with Gasteiger partial charge in [-0.3, -0.25) is 0 Å². The molecule has 0 spiro atoms. The third kappa shape index (κ3) is 1.68. The molecule has 0 aliphatic heterocycles. The van der Waals surface area contributed by atoms with Crippen LogP contribution in [0.5, 0.6) is 0 Å². The highest BCUT2D eigenvalue weighted by Crippen LogP contribution is 2.31. The molecule has 1 unspecified atom stereocenters. The van der Waals surface area contributed by atoms with Crippen LogP contribution in [-0.2, 0) is 6.42 Å². The molecule has 0 fully saturated rings. The molecule has 2 rings (SSSR count). The second kappa shape index (κ2) is 3.71. The maximum Gasteiger partial charge on any atom is 0.0560 e. The molecule has 14 heavy (non-hydrogen) atoms. The summed E-state index contributed by atoms with van der Waals surface area (Å²) in [5.41, 5.74) is 1.33. The number of benzene rings is 1. The van der Waals surface area contributed by atoms with Gasteiger partial charge in [0.2, 0.25) is 0 Å². The zero-order valence-corrected chi connectivity index (χ0v) is 9.27. The first-order valence-electron chi connectivity index (χ1n) is 4.83. The van der Waals surface area contributed by atoms with Gasteiger partial charge in [-0.25, -0.2) is 0 Å². The quantitative estimate of drug-likeness (QED) is 0.800. The van der Waals surface area contributed by atoms with Crippen molar-refractivity contribution in [2.24, 2.45) is 0 Å². The van der Waals surface area contributed by atoms with Gasteiger partial charge in [0.05, 0.1) is 6.10 Å². The van der Waals surface area contributed by atoms with E-state index in [2.05, 4.69) is 31.2 Å². The monoisotopic (exact) mass is 206 g/mol. The Bertz CT molecular complexity index is 443. The molecule has 0 aliphatic carbocycles. The lowest BCUT2D eigenvalue weighted by molar-refractivity contribution is 0.196. The van der Waals surface area contributed by atoms with Crippen molar-refractivity contribution in [3.63, 3.8) is 0 Å². The highest BCUT2D eigenvalue weighted by molar-refractivity contribution is 7.19. The molecule has 1 aromatic carbocycles. The Morgan fingerprint density at radius 3 is 2.71 bits per heavy atom. The normalized spacial score (nSPS) is 13.4. The first kappa shape index (κ1) is 9.69. The van der Waals surface area contributed by atoms with Gasteiger partial charge >= 0.3 is 0 Å². The number of aliphatic hydroxyl groups excluding tert-OH is 1. The van der Waals surface area contributed by atoms with Crippen LogP contribution in [0.15, 0.2) is 24.3 Å². The van der Waals surface area contributed by atoms with Gasteiger partial charge in [-0.1, -0.05) is 18.2 Å². The Kier molecular flexibility index (Phi) is 2.57. The predicted octanol–water partition coefficient (Wildman–Crippen LogP) is 3.13. The van der Waals surface area contributed by atoms with Gasteiger partial charge in [-0.2, -0.15) is 0 Å². The molecule has 0 saturated carbocycles. The maximum atomic E-state index is 9.36. The maximum absolute atomic E-state index is 9.36. The number of thiophene rings is 1. The highest BCUT2D eigenvalue weighted by atomic mass is 32.1. The van der Waals surface area contributed by atoms with Crippen molar-refractivity contribution in [3.8, 4) is 0 Å². The van der Waals surface area contributed by atoms with E-state index in [1.165, 1.54) is 20.5 Å². The molecule has 74 valence electrons. The largest absolute Gasteiger partial charge is 0.393 e. The molecule has 0 radical (unpaired) electrons. The summed E-state index contributed by atoms with van der Waals surface area (Å²) in [6.45, 7) is 3.97. The average Bonchev–Trinajstić information content (AvgIpc) is 2.44. The number of fused-ring (bicyclic) bond motifs is 1. The van der Waals surface area contributed by atoms with E-state index in [1.54, 1.807) is 11.3 Å². The fraction of sp³-hybridized carbons (Fsp3) is 0.333. The average molecular weight is 206 g/mol. The molecule has 0 saturated heterocycles. The van der Waals surface area contributed by atoms with Crippen LogP contribution in [-0.4, -0.2) is 11.2 Å². The number of hydrogen-bond donors (Lipinski definition) is 1. The second-order valence-corrected chi connectivity index (χ2v) is 4.84. The third-order valence-corrected chi connectivity index (χ3v) is 3.72. The summed E-state index contributed by atoms with van der Waals surface area (Å²) in [6.07, 6.45) is 0.521. The van der Waals surface area contributed by atoms with Gasteiger partial charge < -0.3 is 5.11 Å². The van der Waals surface area contributed by atoms with Crippen molar-refractivity contribution in [2.45, 2.75) is 26.4 Å². The van der Waals surface area contributed by atoms with E-state index in [0.29, 0.717) is 0 Å². The van der Waals surface area contributed by atoms with E-state index >= 15 is 0 Å². The summed E-state index contributed by atoms with van der Waals surface area (Å²) in [7, 11) is 0. The summed E-state index contributed by atoms with van der Waals surface area (Å²) in [5, 5.41) is 10.7. The Morgan fingerprint density at radius 1 is 1.36 bits per heavy atom. The molecule has 0 bridgehead atoms. The van der Waals surface area contributed by atoms with E-state index in [4.69, 9.17) is 0 Å². The van der Waals surface area contributed by atoms with Crippen molar-refractivity contribution in [2.75, 3.05) is 0 Å². The summed E-state index contributed by atoms with van der Waals surface area (Å²) in [4.78, 5) is 1.31. The van der Waals surface area contributed by atoms with Crippen LogP contribution in [0.4, 0.5) is 0 Å². The van der Waals surface area contributed by atoms with Crippen LogP contribution in [0.25, 0.3) is 10.1 Å². The highest BCUT2D eigenvalue weighted by Gasteiger charge is 2.09. The van der Waals surface area contributed by atoms with Gasteiger partial charge in [0.15, 0.2) is 0 Å². The second-order valence-electron chi connectivity index (χ2n) is 3.70. The Labute approximate surface area is 88.0 Å². The Morgan fingerprint density at radius 2 is 2.07 bits per heavy atom. The Balaban J connectivity index is 2.51. The molecule has 1 atom stereocenters. The topological polar surface area (TPSA) is 20.2 Å². The first-order chi connectivity index (χ1) is 6.68. The van der Waals surface area contributed by atoms with Crippen LogP contribution < -0.4 is 0 Å². The number of aliphatic hydroxyl groups is 1. The molecule has 2 heteroatoms. The predicted molar refractivity (Wildman–Crippen MR) is 61.9 cm³/mol. The van der Waals surface area contributed by atoms with E-state index in [0.717, 1.165) is 6.42 Å². The molecule has 1 aromatic heterocycles. The van der Waals surface area contributed by atoms with Gasteiger partial charge in [0, 0.05) is 16.0 Å². The van der Waals surface area contributed by atoms with Crippen molar-refractivity contribution in [3.05, 3.63) is 34.7 Å². The van der Waals surface area contributed by atoms with Crippen LogP contribution >= 0.6 is 11.3 Å². The lowest BCUT2D eigenvalue weighted by atomic mass is 10.1. The number of hydrogen-bond acceptors (Lipinski definition) is 2. The minimum absolute atomic E-state index is 0.248. The fourth-order valence-electron chi connectivity index (χ4n) is 1.69. The smallest absolute Gasteiger partial charge is 0.0560 e. The van der Waals surface area contributed by atoms with Gasteiger partial charge in [-0.15, -0.1) is 11.3 Å². The SMILES string of the molecule is Cc1c(CC(C)O)sc2ccccc12. The zero-order chi connectivity index (χ0) is 10.1. The van der Waals surface area contributed by atoms with Crippen molar-refractivity contribution in [1.29, 1.82) is 0 Å².